The number of amides is 1. The monoisotopic (exact) mass is 253 g/mol. The van der Waals surface area contributed by atoms with E-state index in [1.807, 2.05) is 21.7 Å². The second kappa shape index (κ2) is 4.40. The molecule has 4 nitrogen and oxygen atoms in total. The fourth-order valence-corrected chi connectivity index (χ4v) is 3.36. The molecule has 1 aromatic heterocycles. The Kier molecular flexibility index (Phi) is 2.90. The molecule has 1 aromatic rings. The summed E-state index contributed by atoms with van der Waals surface area (Å²) in [4.78, 5) is 14.2. The van der Waals surface area contributed by atoms with Crippen LogP contribution in [0.4, 0.5) is 0 Å². The zero-order chi connectivity index (χ0) is 11.8. The first-order valence-electron chi connectivity index (χ1n) is 5.75. The van der Waals surface area contributed by atoms with Crippen molar-refractivity contribution in [2.24, 2.45) is 5.92 Å². The normalized spacial score (nSPS) is 31.8. The van der Waals surface area contributed by atoms with Crippen LogP contribution in [-0.2, 0) is 9.47 Å². The average molecular weight is 253 g/mol. The zero-order valence-corrected chi connectivity index (χ0v) is 10.5. The minimum Gasteiger partial charge on any atom is -0.379 e. The molecule has 92 valence electrons. The number of rotatable bonds is 2. The summed E-state index contributed by atoms with van der Waals surface area (Å²) in [7, 11) is 1.71. The minimum absolute atomic E-state index is 0.103. The zero-order valence-electron chi connectivity index (χ0n) is 9.67. The van der Waals surface area contributed by atoms with Crippen molar-refractivity contribution in [3.63, 3.8) is 0 Å². The average Bonchev–Trinajstić information content (AvgIpc) is 3.05. The molecule has 5 heteroatoms. The van der Waals surface area contributed by atoms with E-state index in [-0.39, 0.29) is 18.1 Å². The van der Waals surface area contributed by atoms with Crippen LogP contribution < -0.4 is 0 Å². The second-order valence-corrected chi connectivity index (χ2v) is 5.29. The van der Waals surface area contributed by atoms with E-state index < -0.39 is 0 Å². The van der Waals surface area contributed by atoms with E-state index in [4.69, 9.17) is 9.47 Å². The Morgan fingerprint density at radius 2 is 2.47 bits per heavy atom. The van der Waals surface area contributed by atoms with Gasteiger partial charge in [0.25, 0.3) is 5.91 Å². The number of nitrogens with zero attached hydrogens (tertiary/aromatic N) is 1. The highest BCUT2D eigenvalue weighted by molar-refractivity contribution is 7.08. The molecule has 0 N–H and O–H groups in total. The van der Waals surface area contributed by atoms with Gasteiger partial charge in [-0.05, 0) is 11.4 Å². The highest BCUT2D eigenvalue weighted by Crippen LogP contribution is 2.32. The molecule has 17 heavy (non-hydrogen) atoms. The Morgan fingerprint density at radius 1 is 1.59 bits per heavy atom. The Hall–Kier alpha value is -0.910. The molecule has 3 atom stereocenters. The maximum absolute atomic E-state index is 12.3. The standard InChI is InChI=1S/C12H15NO3S/c1-15-11-4-13(10-6-16-5-9(10)11)12(14)8-2-3-17-7-8/h2-3,7,9-11H,4-6H2,1H3/t9-,10+,11-/m1/s1. The molecular formula is C12H15NO3S. The van der Waals surface area contributed by atoms with Gasteiger partial charge in [-0.25, -0.2) is 0 Å². The molecule has 2 aliphatic heterocycles. The van der Waals surface area contributed by atoms with Crippen LogP contribution in [0.5, 0.6) is 0 Å². The van der Waals surface area contributed by atoms with E-state index in [1.54, 1.807) is 18.4 Å². The van der Waals surface area contributed by atoms with Crippen molar-refractivity contribution in [3.8, 4) is 0 Å². The summed E-state index contributed by atoms with van der Waals surface area (Å²) in [5, 5.41) is 3.83. The molecule has 2 aliphatic rings. The van der Waals surface area contributed by atoms with Gasteiger partial charge in [-0.1, -0.05) is 0 Å². The summed E-state index contributed by atoms with van der Waals surface area (Å²) >= 11 is 1.55. The van der Waals surface area contributed by atoms with E-state index in [9.17, 15) is 4.79 Å². The molecule has 0 spiro atoms. The number of hydrogen-bond acceptors (Lipinski definition) is 4. The fourth-order valence-electron chi connectivity index (χ4n) is 2.74. The van der Waals surface area contributed by atoms with Gasteiger partial charge >= 0.3 is 0 Å². The van der Waals surface area contributed by atoms with Gasteiger partial charge in [0.2, 0.25) is 0 Å². The molecule has 0 bridgehead atoms. The number of thiophene rings is 1. The molecule has 3 rings (SSSR count). The number of ether oxygens (including phenoxy) is 2. The molecule has 0 saturated carbocycles. The number of carbonyl (C=O) groups is 1. The van der Waals surface area contributed by atoms with Gasteiger partial charge in [0.15, 0.2) is 0 Å². The lowest BCUT2D eigenvalue weighted by atomic mass is 10.0. The quantitative estimate of drug-likeness (QED) is 0.796. The van der Waals surface area contributed by atoms with Gasteiger partial charge in [0, 0.05) is 25.0 Å². The molecule has 1 amide bonds. The van der Waals surface area contributed by atoms with Gasteiger partial charge in [0.1, 0.15) is 0 Å². The van der Waals surface area contributed by atoms with Crippen LogP contribution >= 0.6 is 11.3 Å². The predicted octanol–water partition coefficient (Wildman–Crippen LogP) is 1.23. The third-order valence-electron chi connectivity index (χ3n) is 3.68. The highest BCUT2D eigenvalue weighted by Gasteiger charge is 2.47. The lowest BCUT2D eigenvalue weighted by Crippen LogP contribution is -2.37. The Morgan fingerprint density at radius 3 is 3.18 bits per heavy atom. The molecule has 2 fully saturated rings. The van der Waals surface area contributed by atoms with E-state index in [2.05, 4.69) is 0 Å². The molecule has 0 aromatic carbocycles. The fraction of sp³-hybridized carbons (Fsp3) is 0.583. The van der Waals surface area contributed by atoms with Gasteiger partial charge in [-0.2, -0.15) is 11.3 Å². The lowest BCUT2D eigenvalue weighted by Gasteiger charge is -2.21. The third kappa shape index (κ3) is 1.78. The van der Waals surface area contributed by atoms with Crippen molar-refractivity contribution in [2.45, 2.75) is 12.1 Å². The molecule has 3 heterocycles. The van der Waals surface area contributed by atoms with Crippen molar-refractivity contribution >= 4 is 17.2 Å². The van der Waals surface area contributed by atoms with Crippen molar-refractivity contribution < 1.29 is 14.3 Å². The number of methoxy groups -OCH3 is 1. The van der Waals surface area contributed by atoms with Crippen LogP contribution in [0.1, 0.15) is 10.4 Å². The third-order valence-corrected chi connectivity index (χ3v) is 4.36. The molecular weight excluding hydrogens is 238 g/mol. The SMILES string of the molecule is CO[C@@H]1CN(C(=O)c2ccsc2)[C@H]2COC[C@@H]12. The van der Waals surface area contributed by atoms with Crippen molar-refractivity contribution in [3.05, 3.63) is 22.4 Å². The number of likely N-dealkylation sites (tertiary alicyclic amines) is 1. The number of fused-ring (bicyclic) bond motifs is 1. The summed E-state index contributed by atoms with van der Waals surface area (Å²) in [5.41, 5.74) is 0.775. The first-order chi connectivity index (χ1) is 8.31. The maximum atomic E-state index is 12.3. The minimum atomic E-state index is 0.103. The van der Waals surface area contributed by atoms with E-state index in [1.165, 1.54) is 0 Å². The van der Waals surface area contributed by atoms with E-state index in [0.29, 0.717) is 25.7 Å². The van der Waals surface area contributed by atoms with Crippen LogP contribution in [-0.4, -0.2) is 49.8 Å². The van der Waals surface area contributed by atoms with E-state index in [0.717, 1.165) is 5.56 Å². The van der Waals surface area contributed by atoms with Crippen LogP contribution in [0.15, 0.2) is 16.8 Å². The molecule has 0 aliphatic carbocycles. The van der Waals surface area contributed by atoms with Crippen molar-refractivity contribution in [2.75, 3.05) is 26.9 Å². The first kappa shape index (κ1) is 11.2. The number of carbonyl (C=O) groups excluding carboxylic acids is 1. The van der Waals surface area contributed by atoms with Gasteiger partial charge < -0.3 is 14.4 Å². The van der Waals surface area contributed by atoms with E-state index >= 15 is 0 Å². The predicted molar refractivity (Wildman–Crippen MR) is 64.2 cm³/mol. The Labute approximate surface area is 104 Å². The van der Waals surface area contributed by atoms with Crippen LogP contribution in [0.3, 0.4) is 0 Å². The molecule has 2 saturated heterocycles. The lowest BCUT2D eigenvalue weighted by molar-refractivity contribution is 0.0479. The summed E-state index contributed by atoms with van der Waals surface area (Å²) in [6.45, 7) is 2.03. The van der Waals surface area contributed by atoms with Crippen molar-refractivity contribution in [1.29, 1.82) is 0 Å². The van der Waals surface area contributed by atoms with Crippen molar-refractivity contribution in [1.82, 2.24) is 4.90 Å². The topological polar surface area (TPSA) is 38.8 Å². The summed E-state index contributed by atoms with van der Waals surface area (Å²) in [6, 6.07) is 2.06. The van der Waals surface area contributed by atoms with Crippen LogP contribution in [0.2, 0.25) is 0 Å². The largest absolute Gasteiger partial charge is 0.379 e. The van der Waals surface area contributed by atoms with Crippen LogP contribution in [0.25, 0.3) is 0 Å². The maximum Gasteiger partial charge on any atom is 0.255 e. The highest BCUT2D eigenvalue weighted by atomic mass is 32.1. The van der Waals surface area contributed by atoms with Gasteiger partial charge in [-0.3, -0.25) is 4.79 Å². The molecule has 0 radical (unpaired) electrons. The smallest absolute Gasteiger partial charge is 0.255 e. The van der Waals surface area contributed by atoms with Gasteiger partial charge in [0.05, 0.1) is 30.9 Å². The summed E-state index contributed by atoms with van der Waals surface area (Å²) in [5.74, 6) is 0.439. The Balaban J connectivity index is 1.82. The summed E-state index contributed by atoms with van der Waals surface area (Å²) in [6.07, 6.45) is 0.116. The van der Waals surface area contributed by atoms with Crippen LogP contribution in [0, 0.1) is 5.92 Å². The first-order valence-corrected chi connectivity index (χ1v) is 6.69. The Bertz CT molecular complexity index is 406. The molecule has 0 unspecified atom stereocenters. The number of hydrogen-bond donors (Lipinski definition) is 0. The second-order valence-electron chi connectivity index (χ2n) is 4.51. The summed E-state index contributed by atoms with van der Waals surface area (Å²) < 4.78 is 10.9. The van der Waals surface area contributed by atoms with Gasteiger partial charge in [-0.15, -0.1) is 0 Å².